The Balaban J connectivity index is 1.73. The van der Waals surface area contributed by atoms with Crippen LogP contribution in [-0.2, 0) is 21.4 Å². The van der Waals surface area contributed by atoms with Gasteiger partial charge in [-0.15, -0.1) is 0 Å². The highest BCUT2D eigenvalue weighted by molar-refractivity contribution is 7.89. The van der Waals surface area contributed by atoms with Crippen molar-refractivity contribution in [2.45, 2.75) is 25.3 Å². The van der Waals surface area contributed by atoms with Gasteiger partial charge in [-0.2, -0.15) is 4.31 Å². The Morgan fingerprint density at radius 3 is 2.21 bits per heavy atom. The van der Waals surface area contributed by atoms with Gasteiger partial charge in [-0.25, -0.2) is 13.2 Å². The van der Waals surface area contributed by atoms with Crippen LogP contribution < -0.4 is 0 Å². The minimum absolute atomic E-state index is 0.152. The Hall–Kier alpha value is -2.70. The molecule has 5 nitrogen and oxygen atoms in total. The standard InChI is InChI=1S/C22H23NO4S/c1-3-23(4-2)28(25,26)20-14-12-18(13-15-20)22(24)27-16-19-10-7-9-17-8-5-6-11-21(17)19/h5-15H,3-4,16H2,1-2H3. The quantitative estimate of drug-likeness (QED) is 0.560. The van der Waals surface area contributed by atoms with Crippen molar-refractivity contribution in [3.63, 3.8) is 0 Å². The maximum Gasteiger partial charge on any atom is 0.338 e. The largest absolute Gasteiger partial charge is 0.457 e. The van der Waals surface area contributed by atoms with Crippen molar-refractivity contribution in [3.8, 4) is 0 Å². The van der Waals surface area contributed by atoms with E-state index >= 15 is 0 Å². The van der Waals surface area contributed by atoms with E-state index in [0.29, 0.717) is 18.7 Å². The van der Waals surface area contributed by atoms with Crippen LogP contribution in [0.4, 0.5) is 0 Å². The molecule has 0 fully saturated rings. The number of carbonyl (C=O) groups is 1. The molecule has 0 N–H and O–H groups in total. The van der Waals surface area contributed by atoms with Crippen molar-refractivity contribution in [1.82, 2.24) is 4.31 Å². The number of hydrogen-bond acceptors (Lipinski definition) is 4. The fourth-order valence-corrected chi connectivity index (χ4v) is 4.58. The van der Waals surface area contributed by atoms with Gasteiger partial charge < -0.3 is 4.74 Å². The summed E-state index contributed by atoms with van der Waals surface area (Å²) < 4.78 is 31.9. The Kier molecular flexibility index (Phi) is 6.11. The highest BCUT2D eigenvalue weighted by atomic mass is 32.2. The maximum absolute atomic E-state index is 12.5. The SMILES string of the molecule is CCN(CC)S(=O)(=O)c1ccc(C(=O)OCc2cccc3ccccc23)cc1. The number of hydrogen-bond donors (Lipinski definition) is 0. The van der Waals surface area contributed by atoms with Crippen LogP contribution in [0.1, 0.15) is 29.8 Å². The Morgan fingerprint density at radius 1 is 0.893 bits per heavy atom. The number of rotatable bonds is 7. The summed E-state index contributed by atoms with van der Waals surface area (Å²) in [6.45, 7) is 4.53. The number of benzene rings is 3. The first-order chi connectivity index (χ1) is 13.5. The van der Waals surface area contributed by atoms with Gasteiger partial charge in [0.2, 0.25) is 10.0 Å². The molecule has 0 aliphatic carbocycles. The molecule has 3 rings (SSSR count). The molecule has 0 radical (unpaired) electrons. The van der Waals surface area contributed by atoms with Gasteiger partial charge in [0.25, 0.3) is 0 Å². The average Bonchev–Trinajstić information content (AvgIpc) is 2.72. The summed E-state index contributed by atoms with van der Waals surface area (Å²) >= 11 is 0. The number of carbonyl (C=O) groups excluding carboxylic acids is 1. The molecule has 6 heteroatoms. The van der Waals surface area contributed by atoms with E-state index in [2.05, 4.69) is 0 Å². The number of esters is 1. The lowest BCUT2D eigenvalue weighted by Gasteiger charge is -2.18. The zero-order valence-electron chi connectivity index (χ0n) is 16.0. The minimum atomic E-state index is -3.54. The molecular formula is C22H23NO4S. The number of nitrogens with zero attached hydrogens (tertiary/aromatic N) is 1. The second kappa shape index (κ2) is 8.54. The Morgan fingerprint density at radius 2 is 1.54 bits per heavy atom. The second-order valence-electron chi connectivity index (χ2n) is 6.33. The molecule has 0 spiro atoms. The zero-order valence-corrected chi connectivity index (χ0v) is 16.8. The highest BCUT2D eigenvalue weighted by Gasteiger charge is 2.21. The first-order valence-electron chi connectivity index (χ1n) is 9.21. The Bertz CT molecular complexity index is 1070. The summed E-state index contributed by atoms with van der Waals surface area (Å²) in [6, 6.07) is 19.6. The molecule has 3 aromatic rings. The summed E-state index contributed by atoms with van der Waals surface area (Å²) in [4.78, 5) is 12.5. The van der Waals surface area contributed by atoms with Crippen molar-refractivity contribution < 1.29 is 17.9 Å². The zero-order chi connectivity index (χ0) is 20.1. The van der Waals surface area contributed by atoms with Crippen LogP contribution in [0.2, 0.25) is 0 Å². The molecule has 146 valence electrons. The first kappa shape index (κ1) is 20.0. The average molecular weight is 397 g/mol. The molecule has 3 aromatic carbocycles. The van der Waals surface area contributed by atoms with E-state index in [1.165, 1.54) is 28.6 Å². The molecule has 0 saturated heterocycles. The van der Waals surface area contributed by atoms with Gasteiger partial charge in [0.1, 0.15) is 6.61 Å². The molecule has 28 heavy (non-hydrogen) atoms. The van der Waals surface area contributed by atoms with E-state index in [-0.39, 0.29) is 11.5 Å². The van der Waals surface area contributed by atoms with E-state index in [1.807, 2.05) is 42.5 Å². The molecule has 0 unspecified atom stereocenters. The van der Waals surface area contributed by atoms with Crippen LogP contribution in [0.25, 0.3) is 10.8 Å². The van der Waals surface area contributed by atoms with E-state index in [9.17, 15) is 13.2 Å². The van der Waals surface area contributed by atoms with Crippen molar-refractivity contribution >= 4 is 26.8 Å². The summed E-state index contributed by atoms with van der Waals surface area (Å²) in [7, 11) is -3.54. The molecule has 0 amide bonds. The van der Waals surface area contributed by atoms with Crippen LogP contribution in [0.5, 0.6) is 0 Å². The van der Waals surface area contributed by atoms with E-state index in [4.69, 9.17) is 4.74 Å². The van der Waals surface area contributed by atoms with Crippen molar-refractivity contribution in [2.75, 3.05) is 13.1 Å². The third-order valence-electron chi connectivity index (χ3n) is 4.67. The molecule has 0 aliphatic rings. The summed E-state index contributed by atoms with van der Waals surface area (Å²) in [5, 5.41) is 2.13. The molecule has 0 atom stereocenters. The Labute approximate surface area is 165 Å². The number of fused-ring (bicyclic) bond motifs is 1. The lowest BCUT2D eigenvalue weighted by Crippen LogP contribution is -2.30. The second-order valence-corrected chi connectivity index (χ2v) is 8.27. The van der Waals surface area contributed by atoms with Crippen molar-refractivity contribution in [1.29, 1.82) is 0 Å². The van der Waals surface area contributed by atoms with Crippen molar-refractivity contribution in [2.24, 2.45) is 0 Å². The topological polar surface area (TPSA) is 63.7 Å². The smallest absolute Gasteiger partial charge is 0.338 e. The van der Waals surface area contributed by atoms with Gasteiger partial charge in [0.05, 0.1) is 10.5 Å². The predicted octanol–water partition coefficient (Wildman–Crippen LogP) is 4.23. The van der Waals surface area contributed by atoms with Crippen LogP contribution in [0.3, 0.4) is 0 Å². The van der Waals surface area contributed by atoms with Gasteiger partial charge in [0.15, 0.2) is 0 Å². The maximum atomic E-state index is 12.5. The van der Waals surface area contributed by atoms with Crippen LogP contribution in [0, 0.1) is 0 Å². The molecular weight excluding hydrogens is 374 g/mol. The van der Waals surface area contributed by atoms with Gasteiger partial charge in [-0.3, -0.25) is 0 Å². The monoisotopic (exact) mass is 397 g/mol. The van der Waals surface area contributed by atoms with Crippen LogP contribution >= 0.6 is 0 Å². The van der Waals surface area contributed by atoms with Crippen LogP contribution in [0.15, 0.2) is 71.6 Å². The highest BCUT2D eigenvalue weighted by Crippen LogP contribution is 2.20. The molecule has 0 aliphatic heterocycles. The number of sulfonamides is 1. The fraction of sp³-hybridized carbons (Fsp3) is 0.227. The molecule has 0 saturated carbocycles. The molecule has 0 heterocycles. The lowest BCUT2D eigenvalue weighted by atomic mass is 10.1. The van der Waals surface area contributed by atoms with E-state index in [1.54, 1.807) is 13.8 Å². The minimum Gasteiger partial charge on any atom is -0.457 e. The molecule has 0 bridgehead atoms. The summed E-state index contributed by atoms with van der Waals surface area (Å²) in [5.41, 5.74) is 1.24. The van der Waals surface area contributed by atoms with Gasteiger partial charge in [-0.05, 0) is 40.6 Å². The predicted molar refractivity (Wildman–Crippen MR) is 110 cm³/mol. The summed E-state index contributed by atoms with van der Waals surface area (Å²) in [5.74, 6) is -0.486. The third kappa shape index (κ3) is 4.08. The van der Waals surface area contributed by atoms with Crippen molar-refractivity contribution in [3.05, 3.63) is 77.9 Å². The third-order valence-corrected chi connectivity index (χ3v) is 6.74. The lowest BCUT2D eigenvalue weighted by molar-refractivity contribution is 0.0474. The van der Waals surface area contributed by atoms with E-state index in [0.717, 1.165) is 16.3 Å². The van der Waals surface area contributed by atoms with Gasteiger partial charge in [-0.1, -0.05) is 56.3 Å². The fourth-order valence-electron chi connectivity index (χ4n) is 3.12. The molecule has 0 aromatic heterocycles. The van der Waals surface area contributed by atoms with E-state index < -0.39 is 16.0 Å². The first-order valence-corrected chi connectivity index (χ1v) is 10.6. The summed E-state index contributed by atoms with van der Waals surface area (Å²) in [6.07, 6.45) is 0. The van der Waals surface area contributed by atoms with Gasteiger partial charge >= 0.3 is 5.97 Å². The van der Waals surface area contributed by atoms with Crippen LogP contribution in [-0.4, -0.2) is 31.8 Å². The van der Waals surface area contributed by atoms with Gasteiger partial charge in [0, 0.05) is 13.1 Å². The number of ether oxygens (including phenoxy) is 1. The normalized spacial score (nSPS) is 11.7.